The first kappa shape index (κ1) is 24.7. The highest BCUT2D eigenvalue weighted by Gasteiger charge is 2.25. The zero-order chi connectivity index (χ0) is 26.1. The lowest BCUT2D eigenvalue weighted by Crippen LogP contribution is -2.17. The number of carbonyl (C=O) groups excluding carboxylic acids is 1. The predicted molar refractivity (Wildman–Crippen MR) is 134 cm³/mol. The molecule has 36 heavy (non-hydrogen) atoms. The van der Waals surface area contributed by atoms with E-state index < -0.39 is 22.0 Å². The van der Waals surface area contributed by atoms with Crippen molar-refractivity contribution in [2.45, 2.75) is 13.8 Å². The number of nitro benzene ring substituents is 1. The second-order valence-electron chi connectivity index (χ2n) is 7.93. The molecule has 9 nitrogen and oxygen atoms in total. The van der Waals surface area contributed by atoms with Crippen molar-refractivity contribution < 1.29 is 28.3 Å². The molecule has 0 spiro atoms. The molecule has 0 fully saturated rings. The van der Waals surface area contributed by atoms with Crippen LogP contribution in [0.3, 0.4) is 0 Å². The van der Waals surface area contributed by atoms with Crippen molar-refractivity contribution >= 4 is 34.2 Å². The Morgan fingerprint density at radius 2 is 1.72 bits per heavy atom. The van der Waals surface area contributed by atoms with Gasteiger partial charge >= 0.3 is 5.97 Å². The first-order valence-corrected chi connectivity index (χ1v) is 11.0. The highest BCUT2D eigenvalue weighted by atomic mass is 35.5. The van der Waals surface area contributed by atoms with Gasteiger partial charge in [-0.15, -0.1) is 0 Å². The van der Waals surface area contributed by atoms with E-state index in [0.717, 1.165) is 11.6 Å². The average Bonchev–Trinajstić information content (AvgIpc) is 2.84. The number of hydrogen-bond acceptors (Lipinski definition) is 8. The van der Waals surface area contributed by atoms with Gasteiger partial charge in [-0.1, -0.05) is 17.7 Å². The lowest BCUT2D eigenvalue weighted by Gasteiger charge is -2.14. The lowest BCUT2D eigenvalue weighted by atomic mass is 10.0. The molecule has 0 saturated heterocycles. The Kier molecular flexibility index (Phi) is 6.67. The van der Waals surface area contributed by atoms with Gasteiger partial charge in [0.2, 0.25) is 11.2 Å². The topological polar surface area (TPSA) is 118 Å². The van der Waals surface area contributed by atoms with E-state index in [0.29, 0.717) is 28.2 Å². The second-order valence-corrected chi connectivity index (χ2v) is 8.33. The summed E-state index contributed by atoms with van der Waals surface area (Å²) in [6.07, 6.45) is 0. The highest BCUT2D eigenvalue weighted by molar-refractivity contribution is 6.32. The molecule has 0 aliphatic rings. The molecule has 3 aromatic carbocycles. The van der Waals surface area contributed by atoms with E-state index in [1.165, 1.54) is 26.4 Å². The van der Waals surface area contributed by atoms with E-state index in [2.05, 4.69) is 0 Å². The first-order valence-electron chi connectivity index (χ1n) is 10.6. The Bertz CT molecular complexity index is 1590. The zero-order valence-corrected chi connectivity index (χ0v) is 20.5. The van der Waals surface area contributed by atoms with Crippen LogP contribution in [0.4, 0.5) is 5.69 Å². The summed E-state index contributed by atoms with van der Waals surface area (Å²) in [5.74, 6) is -0.570. The molecule has 4 aromatic rings. The van der Waals surface area contributed by atoms with Crippen LogP contribution in [-0.4, -0.2) is 25.1 Å². The standard InChI is InChI=1S/C26H20ClNO8/c1-13-9-14(2)22-21(10-13)35-24(15-6-8-19(33-3)20(12-15)34-4)25(23(22)29)36-26(30)16-5-7-17(27)18(11-16)28(31)32/h5-12H,1-4H3. The number of halogens is 1. The van der Waals surface area contributed by atoms with E-state index in [4.69, 9.17) is 30.2 Å². The number of carbonyl (C=O) groups is 1. The van der Waals surface area contributed by atoms with Crippen molar-refractivity contribution in [2.75, 3.05) is 14.2 Å². The van der Waals surface area contributed by atoms with Gasteiger partial charge in [-0.05, 0) is 61.4 Å². The Balaban J connectivity index is 1.94. The number of aryl methyl sites for hydroxylation is 2. The molecule has 184 valence electrons. The second kappa shape index (κ2) is 9.71. The fraction of sp³-hybridized carbons (Fsp3) is 0.154. The van der Waals surface area contributed by atoms with Crippen molar-refractivity contribution in [1.82, 2.24) is 0 Å². The van der Waals surface area contributed by atoms with Crippen LogP contribution in [0.1, 0.15) is 21.5 Å². The van der Waals surface area contributed by atoms with Crippen LogP contribution in [0, 0.1) is 24.0 Å². The van der Waals surface area contributed by atoms with Gasteiger partial charge in [-0.25, -0.2) is 4.79 Å². The fourth-order valence-electron chi connectivity index (χ4n) is 3.86. The molecule has 0 saturated carbocycles. The van der Waals surface area contributed by atoms with Crippen molar-refractivity contribution in [3.05, 3.63) is 90.6 Å². The number of esters is 1. The van der Waals surface area contributed by atoms with Crippen LogP contribution in [0.5, 0.6) is 17.2 Å². The summed E-state index contributed by atoms with van der Waals surface area (Å²) >= 11 is 5.85. The molecular weight excluding hydrogens is 490 g/mol. The maximum atomic E-state index is 13.6. The Hall–Kier alpha value is -4.37. The molecule has 10 heteroatoms. The zero-order valence-electron chi connectivity index (χ0n) is 19.7. The van der Waals surface area contributed by atoms with Crippen LogP contribution in [-0.2, 0) is 0 Å². The molecule has 0 amide bonds. The molecule has 0 radical (unpaired) electrons. The summed E-state index contributed by atoms with van der Waals surface area (Å²) in [6, 6.07) is 11.8. The van der Waals surface area contributed by atoms with Gasteiger partial charge in [0.1, 0.15) is 10.6 Å². The molecule has 0 N–H and O–H groups in total. The molecule has 0 unspecified atom stereocenters. The SMILES string of the molecule is COc1ccc(-c2oc3cc(C)cc(C)c3c(=O)c2OC(=O)c2ccc(Cl)c([N+](=O)[O-])c2)cc1OC. The van der Waals surface area contributed by atoms with Gasteiger partial charge in [0, 0.05) is 11.6 Å². The predicted octanol–water partition coefficient (Wildman–Crippen LogP) is 5.87. The van der Waals surface area contributed by atoms with Crippen LogP contribution in [0.2, 0.25) is 5.02 Å². The summed E-state index contributed by atoms with van der Waals surface area (Å²) in [5.41, 5.74) is 1.000. The molecule has 0 atom stereocenters. The van der Waals surface area contributed by atoms with E-state index in [9.17, 15) is 19.7 Å². The minimum absolute atomic E-state index is 0.0183. The smallest absolute Gasteiger partial charge is 0.344 e. The third kappa shape index (κ3) is 4.48. The number of methoxy groups -OCH3 is 2. The molecular formula is C26H20ClNO8. The Morgan fingerprint density at radius 3 is 2.39 bits per heavy atom. The molecule has 1 aromatic heterocycles. The number of hydrogen-bond donors (Lipinski definition) is 0. The van der Waals surface area contributed by atoms with Gasteiger partial charge < -0.3 is 18.6 Å². The summed E-state index contributed by atoms with van der Waals surface area (Å²) in [7, 11) is 2.94. The van der Waals surface area contributed by atoms with Crippen molar-refractivity contribution in [2.24, 2.45) is 0 Å². The summed E-state index contributed by atoms with van der Waals surface area (Å²) in [5, 5.41) is 11.4. The van der Waals surface area contributed by atoms with Crippen LogP contribution < -0.4 is 19.6 Å². The molecule has 0 aliphatic heterocycles. The molecule has 1 heterocycles. The van der Waals surface area contributed by atoms with Gasteiger partial charge in [0.15, 0.2) is 17.3 Å². The molecule has 0 bridgehead atoms. The minimum Gasteiger partial charge on any atom is -0.493 e. The summed E-state index contributed by atoms with van der Waals surface area (Å²) in [4.78, 5) is 37.2. The Labute approximate surface area is 209 Å². The van der Waals surface area contributed by atoms with Crippen molar-refractivity contribution in [3.63, 3.8) is 0 Å². The monoisotopic (exact) mass is 509 g/mol. The number of benzene rings is 3. The van der Waals surface area contributed by atoms with Crippen LogP contribution in [0.15, 0.2) is 57.7 Å². The van der Waals surface area contributed by atoms with Gasteiger partial charge in [0.25, 0.3) is 5.69 Å². The molecule has 0 aliphatic carbocycles. The fourth-order valence-corrected chi connectivity index (χ4v) is 4.05. The van der Waals surface area contributed by atoms with E-state index >= 15 is 0 Å². The van der Waals surface area contributed by atoms with Gasteiger partial charge in [-0.2, -0.15) is 0 Å². The van der Waals surface area contributed by atoms with Crippen molar-refractivity contribution in [3.8, 4) is 28.6 Å². The maximum absolute atomic E-state index is 13.6. The summed E-state index contributed by atoms with van der Waals surface area (Å²) in [6.45, 7) is 3.61. The normalized spacial score (nSPS) is 10.8. The maximum Gasteiger partial charge on any atom is 0.344 e. The number of rotatable bonds is 6. The van der Waals surface area contributed by atoms with E-state index in [1.54, 1.807) is 31.2 Å². The van der Waals surface area contributed by atoms with Crippen LogP contribution in [0.25, 0.3) is 22.3 Å². The number of ether oxygens (including phenoxy) is 3. The first-order chi connectivity index (χ1) is 17.1. The Morgan fingerprint density at radius 1 is 1.00 bits per heavy atom. The van der Waals surface area contributed by atoms with E-state index in [1.807, 2.05) is 13.0 Å². The third-order valence-electron chi connectivity index (χ3n) is 5.51. The minimum atomic E-state index is -0.993. The highest BCUT2D eigenvalue weighted by Crippen LogP contribution is 2.37. The van der Waals surface area contributed by atoms with E-state index in [-0.39, 0.29) is 27.5 Å². The number of nitro groups is 1. The van der Waals surface area contributed by atoms with Crippen molar-refractivity contribution in [1.29, 1.82) is 0 Å². The van der Waals surface area contributed by atoms with Gasteiger partial charge in [-0.3, -0.25) is 14.9 Å². The summed E-state index contributed by atoms with van der Waals surface area (Å²) < 4.78 is 22.3. The van der Waals surface area contributed by atoms with Crippen LogP contribution >= 0.6 is 11.6 Å². The third-order valence-corrected chi connectivity index (χ3v) is 5.83. The largest absolute Gasteiger partial charge is 0.493 e. The van der Waals surface area contributed by atoms with Gasteiger partial charge in [0.05, 0.1) is 30.1 Å². The lowest BCUT2D eigenvalue weighted by molar-refractivity contribution is -0.384. The number of fused-ring (bicyclic) bond motifs is 1. The quantitative estimate of drug-likeness (QED) is 0.180. The number of nitrogens with zero attached hydrogens (tertiary/aromatic N) is 1. The average molecular weight is 510 g/mol. The molecule has 4 rings (SSSR count).